The zero-order valence-corrected chi connectivity index (χ0v) is 7.80. The SMILES string of the molecule is C[C@@H]1C[C@@H]2[C@H](C[C@H]1N)C2(C)C. The van der Waals surface area contributed by atoms with E-state index in [0.29, 0.717) is 11.5 Å². The van der Waals surface area contributed by atoms with Crippen LogP contribution in [0.1, 0.15) is 33.6 Å². The van der Waals surface area contributed by atoms with Crippen LogP contribution in [0.25, 0.3) is 0 Å². The van der Waals surface area contributed by atoms with Gasteiger partial charge >= 0.3 is 0 Å². The lowest BCUT2D eigenvalue weighted by Crippen LogP contribution is -2.32. The summed E-state index contributed by atoms with van der Waals surface area (Å²) in [7, 11) is 0. The molecule has 0 bridgehead atoms. The maximum atomic E-state index is 6.02. The Kier molecular flexibility index (Phi) is 1.39. The molecule has 0 aromatic rings. The Bertz CT molecular complexity index is 156. The van der Waals surface area contributed by atoms with Crippen molar-refractivity contribution in [1.82, 2.24) is 0 Å². The highest BCUT2D eigenvalue weighted by Crippen LogP contribution is 2.65. The van der Waals surface area contributed by atoms with Crippen molar-refractivity contribution in [3.8, 4) is 0 Å². The van der Waals surface area contributed by atoms with Gasteiger partial charge in [0.25, 0.3) is 0 Å². The molecule has 2 aliphatic carbocycles. The van der Waals surface area contributed by atoms with Crippen LogP contribution in [0.3, 0.4) is 0 Å². The predicted octanol–water partition coefficient (Wildman–Crippen LogP) is 2.02. The summed E-state index contributed by atoms with van der Waals surface area (Å²) in [6, 6.07) is 0.484. The molecule has 2 saturated carbocycles. The van der Waals surface area contributed by atoms with E-state index in [1.807, 2.05) is 0 Å². The molecular weight excluding hydrogens is 134 g/mol. The summed E-state index contributed by atoms with van der Waals surface area (Å²) in [6.45, 7) is 7.09. The lowest BCUT2D eigenvalue weighted by atomic mass is 9.87. The molecule has 2 rings (SSSR count). The number of hydrogen-bond donors (Lipinski definition) is 1. The van der Waals surface area contributed by atoms with E-state index in [0.717, 1.165) is 17.8 Å². The maximum absolute atomic E-state index is 6.02. The van der Waals surface area contributed by atoms with Gasteiger partial charge in [-0.2, -0.15) is 0 Å². The Morgan fingerprint density at radius 2 is 1.73 bits per heavy atom. The Morgan fingerprint density at radius 3 is 2.27 bits per heavy atom. The highest BCUT2D eigenvalue weighted by Gasteiger charge is 2.59. The van der Waals surface area contributed by atoms with Crippen LogP contribution in [0.2, 0.25) is 0 Å². The van der Waals surface area contributed by atoms with Crippen LogP contribution in [-0.2, 0) is 0 Å². The molecule has 0 aromatic carbocycles. The summed E-state index contributed by atoms with van der Waals surface area (Å²) in [5.74, 6) is 2.71. The lowest BCUT2D eigenvalue weighted by Gasteiger charge is -2.23. The molecule has 0 unspecified atom stereocenters. The Labute approximate surface area is 69.4 Å². The topological polar surface area (TPSA) is 26.0 Å². The monoisotopic (exact) mass is 153 g/mol. The van der Waals surface area contributed by atoms with Gasteiger partial charge in [-0.3, -0.25) is 0 Å². The first-order valence-corrected chi connectivity index (χ1v) is 4.79. The smallest absolute Gasteiger partial charge is 0.00675 e. The summed E-state index contributed by atoms with van der Waals surface area (Å²) < 4.78 is 0. The predicted molar refractivity (Wildman–Crippen MR) is 47.1 cm³/mol. The molecule has 64 valence electrons. The van der Waals surface area contributed by atoms with Gasteiger partial charge in [-0.1, -0.05) is 20.8 Å². The summed E-state index contributed by atoms with van der Waals surface area (Å²) >= 11 is 0. The molecule has 1 heteroatoms. The van der Waals surface area contributed by atoms with E-state index in [-0.39, 0.29) is 0 Å². The van der Waals surface area contributed by atoms with Crippen LogP contribution >= 0.6 is 0 Å². The Balaban J connectivity index is 2.07. The van der Waals surface area contributed by atoms with E-state index in [1.54, 1.807) is 0 Å². The van der Waals surface area contributed by atoms with E-state index in [1.165, 1.54) is 12.8 Å². The first-order valence-electron chi connectivity index (χ1n) is 4.79. The average Bonchev–Trinajstić information content (AvgIpc) is 2.39. The molecule has 1 nitrogen and oxygen atoms in total. The molecule has 2 fully saturated rings. The molecule has 0 radical (unpaired) electrons. The van der Waals surface area contributed by atoms with E-state index in [2.05, 4.69) is 20.8 Å². The zero-order chi connectivity index (χ0) is 8.22. The Hall–Kier alpha value is -0.0400. The highest BCUT2D eigenvalue weighted by atomic mass is 14.7. The minimum atomic E-state index is 0.484. The summed E-state index contributed by atoms with van der Waals surface area (Å²) in [5, 5.41) is 0. The average molecular weight is 153 g/mol. The van der Waals surface area contributed by atoms with Crippen molar-refractivity contribution >= 4 is 0 Å². The molecule has 0 aromatic heterocycles. The van der Waals surface area contributed by atoms with E-state index in [4.69, 9.17) is 5.73 Å². The second-order valence-corrected chi connectivity index (χ2v) is 5.15. The second kappa shape index (κ2) is 2.01. The second-order valence-electron chi connectivity index (χ2n) is 5.15. The summed E-state index contributed by atoms with van der Waals surface area (Å²) in [6.07, 6.45) is 2.65. The van der Waals surface area contributed by atoms with Crippen LogP contribution in [-0.4, -0.2) is 6.04 Å². The van der Waals surface area contributed by atoms with E-state index >= 15 is 0 Å². The third kappa shape index (κ3) is 0.936. The molecular formula is C10H19N. The molecule has 11 heavy (non-hydrogen) atoms. The van der Waals surface area contributed by atoms with Crippen LogP contribution in [0.15, 0.2) is 0 Å². The van der Waals surface area contributed by atoms with Gasteiger partial charge in [-0.05, 0) is 36.0 Å². The summed E-state index contributed by atoms with van der Waals surface area (Å²) in [4.78, 5) is 0. The molecule has 0 amide bonds. The first kappa shape index (κ1) is 7.60. The number of fused-ring (bicyclic) bond motifs is 1. The first-order chi connectivity index (χ1) is 5.03. The van der Waals surface area contributed by atoms with Crippen LogP contribution in [0.5, 0.6) is 0 Å². The normalized spacial score (nSPS) is 53.5. The van der Waals surface area contributed by atoms with Crippen molar-refractivity contribution in [2.75, 3.05) is 0 Å². The van der Waals surface area contributed by atoms with E-state index < -0.39 is 0 Å². The van der Waals surface area contributed by atoms with Crippen molar-refractivity contribution < 1.29 is 0 Å². The molecule has 0 saturated heterocycles. The van der Waals surface area contributed by atoms with Gasteiger partial charge < -0.3 is 5.73 Å². The van der Waals surface area contributed by atoms with E-state index in [9.17, 15) is 0 Å². The molecule has 0 spiro atoms. The lowest BCUT2D eigenvalue weighted by molar-refractivity contribution is 0.317. The molecule has 2 aliphatic rings. The largest absolute Gasteiger partial charge is 0.327 e. The van der Waals surface area contributed by atoms with Gasteiger partial charge in [0.05, 0.1) is 0 Å². The number of rotatable bonds is 0. The number of nitrogens with two attached hydrogens (primary N) is 1. The summed E-state index contributed by atoms with van der Waals surface area (Å²) in [5.41, 5.74) is 6.64. The van der Waals surface area contributed by atoms with Crippen LogP contribution in [0.4, 0.5) is 0 Å². The van der Waals surface area contributed by atoms with Crippen LogP contribution < -0.4 is 5.73 Å². The van der Waals surface area contributed by atoms with Gasteiger partial charge in [-0.15, -0.1) is 0 Å². The zero-order valence-electron chi connectivity index (χ0n) is 7.80. The van der Waals surface area contributed by atoms with Crippen molar-refractivity contribution in [3.05, 3.63) is 0 Å². The number of hydrogen-bond acceptors (Lipinski definition) is 1. The fraction of sp³-hybridized carbons (Fsp3) is 1.00. The molecule has 4 atom stereocenters. The van der Waals surface area contributed by atoms with Gasteiger partial charge in [0.1, 0.15) is 0 Å². The van der Waals surface area contributed by atoms with Crippen molar-refractivity contribution in [3.63, 3.8) is 0 Å². The fourth-order valence-corrected chi connectivity index (χ4v) is 2.89. The van der Waals surface area contributed by atoms with Crippen LogP contribution in [0, 0.1) is 23.2 Å². The fourth-order valence-electron chi connectivity index (χ4n) is 2.89. The quantitative estimate of drug-likeness (QED) is 0.566. The Morgan fingerprint density at radius 1 is 1.18 bits per heavy atom. The minimum Gasteiger partial charge on any atom is -0.327 e. The van der Waals surface area contributed by atoms with Gasteiger partial charge in [-0.25, -0.2) is 0 Å². The van der Waals surface area contributed by atoms with Gasteiger partial charge in [0.2, 0.25) is 0 Å². The van der Waals surface area contributed by atoms with Gasteiger partial charge in [0, 0.05) is 6.04 Å². The van der Waals surface area contributed by atoms with Gasteiger partial charge in [0.15, 0.2) is 0 Å². The highest BCUT2D eigenvalue weighted by molar-refractivity contribution is 5.09. The molecule has 2 N–H and O–H groups in total. The van der Waals surface area contributed by atoms with Crippen molar-refractivity contribution in [1.29, 1.82) is 0 Å². The molecule has 0 aliphatic heterocycles. The third-order valence-electron chi connectivity index (χ3n) is 4.17. The third-order valence-corrected chi connectivity index (χ3v) is 4.17. The van der Waals surface area contributed by atoms with Crippen molar-refractivity contribution in [2.24, 2.45) is 28.9 Å². The maximum Gasteiger partial charge on any atom is 0.00675 e. The minimum absolute atomic E-state index is 0.484. The standard InChI is InChI=1S/C10H19N/c1-6-4-7-8(5-9(6)11)10(7,2)3/h6-9H,4-5,11H2,1-3H3/t6-,7-,8+,9-/m1/s1. The molecule has 0 heterocycles. The van der Waals surface area contributed by atoms with Crippen molar-refractivity contribution in [2.45, 2.75) is 39.7 Å².